The van der Waals surface area contributed by atoms with Crippen LogP contribution in [0.5, 0.6) is 0 Å². The Morgan fingerprint density at radius 1 is 1.23 bits per heavy atom. The zero-order valence-electron chi connectivity index (χ0n) is 13.4. The van der Waals surface area contributed by atoms with E-state index in [1.165, 1.54) is 6.07 Å². The highest BCUT2D eigenvalue weighted by molar-refractivity contribution is 5.47. The number of nitrogens with zero attached hydrogens (tertiary/aromatic N) is 2. The van der Waals surface area contributed by atoms with Gasteiger partial charge in [-0.2, -0.15) is 0 Å². The Labute approximate surface area is 132 Å². The summed E-state index contributed by atoms with van der Waals surface area (Å²) >= 11 is 0. The van der Waals surface area contributed by atoms with Gasteiger partial charge in [-0.15, -0.1) is 0 Å². The fourth-order valence-electron chi connectivity index (χ4n) is 2.70. The largest absolute Gasteiger partial charge is 0.389 e. The Bertz CT molecular complexity index is 436. The first kappa shape index (κ1) is 17.2. The second-order valence-corrected chi connectivity index (χ2v) is 5.82. The van der Waals surface area contributed by atoms with Gasteiger partial charge < -0.3 is 14.7 Å². The summed E-state index contributed by atoms with van der Waals surface area (Å²) in [4.78, 5) is 4.28. The summed E-state index contributed by atoms with van der Waals surface area (Å²) in [6, 6.07) is 6.90. The van der Waals surface area contributed by atoms with Gasteiger partial charge in [0.15, 0.2) is 0 Å². The molecule has 0 amide bonds. The molecule has 1 fully saturated rings. The van der Waals surface area contributed by atoms with E-state index in [0.717, 1.165) is 39.0 Å². The van der Waals surface area contributed by atoms with E-state index in [1.54, 1.807) is 6.07 Å². The molecule has 0 spiro atoms. The van der Waals surface area contributed by atoms with Gasteiger partial charge >= 0.3 is 0 Å². The van der Waals surface area contributed by atoms with Crippen LogP contribution in [-0.2, 0) is 4.74 Å². The lowest BCUT2D eigenvalue weighted by molar-refractivity contribution is 0.0150. The summed E-state index contributed by atoms with van der Waals surface area (Å²) in [5.41, 5.74) is 0.672. The number of unbranched alkanes of at least 4 members (excludes halogenated alkanes) is 1. The summed E-state index contributed by atoms with van der Waals surface area (Å²) < 4.78 is 19.2. The quantitative estimate of drug-likeness (QED) is 0.746. The van der Waals surface area contributed by atoms with Crippen molar-refractivity contribution in [1.82, 2.24) is 4.90 Å². The molecule has 4 nitrogen and oxygen atoms in total. The average Bonchev–Trinajstić information content (AvgIpc) is 2.53. The maximum atomic E-state index is 13.8. The van der Waals surface area contributed by atoms with Gasteiger partial charge in [-0.25, -0.2) is 4.39 Å². The van der Waals surface area contributed by atoms with E-state index in [0.29, 0.717) is 25.4 Å². The third-order valence-electron chi connectivity index (χ3n) is 3.99. The average molecular weight is 310 g/mol. The Kier molecular flexibility index (Phi) is 7.09. The predicted octanol–water partition coefficient (Wildman–Crippen LogP) is 2.13. The first-order valence-corrected chi connectivity index (χ1v) is 8.18. The highest BCUT2D eigenvalue weighted by Gasteiger charge is 2.20. The summed E-state index contributed by atoms with van der Waals surface area (Å²) in [6.07, 6.45) is 1.69. The number of halogens is 1. The third-order valence-corrected chi connectivity index (χ3v) is 3.99. The van der Waals surface area contributed by atoms with Crippen LogP contribution in [0.25, 0.3) is 0 Å². The summed E-state index contributed by atoms with van der Waals surface area (Å²) in [6.45, 7) is 7.09. The number of hydrogen-bond acceptors (Lipinski definition) is 4. The van der Waals surface area contributed by atoms with E-state index in [2.05, 4.69) is 16.7 Å². The maximum absolute atomic E-state index is 13.8. The number of para-hydroxylation sites is 1. The van der Waals surface area contributed by atoms with Gasteiger partial charge in [-0.05, 0) is 18.6 Å². The summed E-state index contributed by atoms with van der Waals surface area (Å²) in [5, 5.41) is 9.99. The topological polar surface area (TPSA) is 35.9 Å². The lowest BCUT2D eigenvalue weighted by atomic mass is 10.2. The Morgan fingerprint density at radius 2 is 1.95 bits per heavy atom. The van der Waals surface area contributed by atoms with Crippen molar-refractivity contribution >= 4 is 5.69 Å². The minimum atomic E-state index is -0.447. The molecule has 0 aromatic heterocycles. The first-order valence-electron chi connectivity index (χ1n) is 8.18. The minimum absolute atomic E-state index is 0.166. The Morgan fingerprint density at radius 3 is 2.64 bits per heavy atom. The van der Waals surface area contributed by atoms with Crippen LogP contribution in [0, 0.1) is 5.82 Å². The van der Waals surface area contributed by atoms with Crippen molar-refractivity contribution in [3.05, 3.63) is 30.1 Å². The second-order valence-electron chi connectivity index (χ2n) is 5.82. The fraction of sp³-hybridized carbons (Fsp3) is 0.647. The van der Waals surface area contributed by atoms with Crippen molar-refractivity contribution in [2.24, 2.45) is 0 Å². The molecule has 1 aromatic rings. The highest BCUT2D eigenvalue weighted by Crippen LogP contribution is 2.20. The monoisotopic (exact) mass is 310 g/mol. The van der Waals surface area contributed by atoms with Crippen LogP contribution in [0.2, 0.25) is 0 Å². The van der Waals surface area contributed by atoms with Crippen LogP contribution in [-0.4, -0.2) is 62.0 Å². The molecule has 1 aliphatic heterocycles. The molecule has 1 aliphatic rings. The molecular weight excluding hydrogens is 283 g/mol. The van der Waals surface area contributed by atoms with Crippen LogP contribution in [0.3, 0.4) is 0 Å². The van der Waals surface area contributed by atoms with E-state index in [1.807, 2.05) is 12.1 Å². The van der Waals surface area contributed by atoms with Crippen molar-refractivity contribution < 1.29 is 14.2 Å². The molecule has 22 heavy (non-hydrogen) atoms. The van der Waals surface area contributed by atoms with Gasteiger partial charge in [0.2, 0.25) is 0 Å². The fourth-order valence-corrected chi connectivity index (χ4v) is 2.70. The van der Waals surface area contributed by atoms with Crippen LogP contribution >= 0.6 is 0 Å². The normalized spacial score (nSPS) is 17.7. The van der Waals surface area contributed by atoms with E-state index < -0.39 is 6.10 Å². The molecule has 1 saturated heterocycles. The molecule has 0 bridgehead atoms. The van der Waals surface area contributed by atoms with Crippen molar-refractivity contribution in [1.29, 1.82) is 0 Å². The van der Waals surface area contributed by atoms with Gasteiger partial charge in [-0.1, -0.05) is 25.5 Å². The van der Waals surface area contributed by atoms with Gasteiger partial charge in [-0.3, -0.25) is 4.90 Å². The number of aliphatic hydroxyl groups is 1. The van der Waals surface area contributed by atoms with Gasteiger partial charge in [0.05, 0.1) is 18.4 Å². The number of hydrogen-bond donors (Lipinski definition) is 1. The minimum Gasteiger partial charge on any atom is -0.389 e. The molecule has 0 radical (unpaired) electrons. The molecule has 1 atom stereocenters. The molecule has 124 valence electrons. The van der Waals surface area contributed by atoms with Gasteiger partial charge in [0.1, 0.15) is 5.82 Å². The van der Waals surface area contributed by atoms with Crippen LogP contribution < -0.4 is 4.90 Å². The van der Waals surface area contributed by atoms with E-state index in [-0.39, 0.29) is 5.82 Å². The standard InChI is InChI=1S/C17H27FN2O2/c1-2-3-12-22-14-15(21)13-19-8-10-20(11-9-19)17-7-5-4-6-16(17)18/h4-7,15,21H,2-3,8-14H2,1H3/t15-/m0/s1. The SMILES string of the molecule is CCCCOC[C@@H](O)CN1CCN(c2ccccc2F)CC1. The number of β-amino-alcohol motifs (C(OH)–C–C–N with tert-alkyl or cyclic N) is 1. The van der Waals surface area contributed by atoms with Gasteiger partial charge in [0.25, 0.3) is 0 Å². The number of piperazine rings is 1. The lowest BCUT2D eigenvalue weighted by Crippen LogP contribution is -2.49. The van der Waals surface area contributed by atoms with Crippen LogP contribution in [0.1, 0.15) is 19.8 Å². The van der Waals surface area contributed by atoms with Crippen molar-refractivity contribution in [2.45, 2.75) is 25.9 Å². The van der Waals surface area contributed by atoms with E-state index in [9.17, 15) is 9.50 Å². The first-order chi connectivity index (χ1) is 10.7. The molecule has 0 saturated carbocycles. The van der Waals surface area contributed by atoms with Gasteiger partial charge in [0, 0.05) is 39.3 Å². The molecular formula is C17H27FN2O2. The maximum Gasteiger partial charge on any atom is 0.146 e. The van der Waals surface area contributed by atoms with Crippen molar-refractivity contribution in [3.63, 3.8) is 0 Å². The molecule has 1 N–H and O–H groups in total. The van der Waals surface area contributed by atoms with E-state index in [4.69, 9.17) is 4.74 Å². The summed E-state index contributed by atoms with van der Waals surface area (Å²) in [5.74, 6) is -0.166. The number of ether oxygens (including phenoxy) is 1. The number of anilines is 1. The zero-order chi connectivity index (χ0) is 15.8. The van der Waals surface area contributed by atoms with Crippen LogP contribution in [0.4, 0.5) is 10.1 Å². The molecule has 0 unspecified atom stereocenters. The predicted molar refractivity (Wildman–Crippen MR) is 86.8 cm³/mol. The van der Waals surface area contributed by atoms with Crippen molar-refractivity contribution in [2.75, 3.05) is 50.8 Å². The molecule has 0 aliphatic carbocycles. The molecule has 1 heterocycles. The Balaban J connectivity index is 1.70. The molecule has 5 heteroatoms. The molecule has 2 rings (SSSR count). The number of aliphatic hydroxyl groups excluding tert-OH is 1. The number of benzene rings is 1. The highest BCUT2D eigenvalue weighted by atomic mass is 19.1. The Hall–Kier alpha value is -1.17. The van der Waals surface area contributed by atoms with E-state index >= 15 is 0 Å². The zero-order valence-corrected chi connectivity index (χ0v) is 13.4. The second kappa shape index (κ2) is 9.08. The lowest BCUT2D eigenvalue weighted by Gasteiger charge is -2.36. The third kappa shape index (κ3) is 5.23. The summed E-state index contributed by atoms with van der Waals surface area (Å²) in [7, 11) is 0. The molecule has 1 aromatic carbocycles. The van der Waals surface area contributed by atoms with Crippen molar-refractivity contribution in [3.8, 4) is 0 Å². The van der Waals surface area contributed by atoms with Crippen LogP contribution in [0.15, 0.2) is 24.3 Å². The smallest absolute Gasteiger partial charge is 0.146 e. The number of rotatable bonds is 8.